The summed E-state index contributed by atoms with van der Waals surface area (Å²) in [4.78, 5) is 10.9. The molecule has 2 N–H and O–H groups in total. The van der Waals surface area contributed by atoms with E-state index >= 15 is 0 Å². The van der Waals surface area contributed by atoms with Crippen LogP contribution in [0.25, 0.3) is 0 Å². The molecule has 0 bridgehead atoms. The fourth-order valence-electron chi connectivity index (χ4n) is 1.40. The molecule has 0 aromatic carbocycles. The Morgan fingerprint density at radius 2 is 2.09 bits per heavy atom. The molecule has 3 nitrogen and oxygen atoms in total. The van der Waals surface area contributed by atoms with Gasteiger partial charge in [0.15, 0.2) is 0 Å². The second kappa shape index (κ2) is 2.05. The van der Waals surface area contributed by atoms with Crippen LogP contribution in [0.1, 0.15) is 0 Å². The lowest BCUT2D eigenvalue weighted by molar-refractivity contribution is -0.114. The van der Waals surface area contributed by atoms with Crippen LogP contribution < -0.4 is 5.32 Å². The van der Waals surface area contributed by atoms with Crippen molar-refractivity contribution in [2.45, 2.75) is 6.04 Å². The smallest absolute Gasteiger partial charge is 0.266 e. The molecule has 1 heterocycles. The molecule has 1 fully saturated rings. The second-order valence-corrected chi connectivity index (χ2v) is 2.71. The Kier molecular flexibility index (Phi) is 1.18. The van der Waals surface area contributed by atoms with E-state index in [4.69, 9.17) is 5.41 Å². The Hall–Kier alpha value is -1.38. The molecule has 1 amide bonds. The number of hydrogen-bond donors (Lipinski definition) is 2. The van der Waals surface area contributed by atoms with Gasteiger partial charge < -0.3 is 5.32 Å². The minimum Gasteiger partial charge on any atom is -0.344 e. The Morgan fingerprint density at radius 1 is 1.36 bits per heavy atom. The Balaban J connectivity index is 2.34. The van der Waals surface area contributed by atoms with Crippen molar-refractivity contribution < 1.29 is 4.79 Å². The Labute approximate surface area is 64.3 Å². The van der Waals surface area contributed by atoms with Crippen molar-refractivity contribution in [2.75, 3.05) is 0 Å². The van der Waals surface area contributed by atoms with Crippen LogP contribution in [0.2, 0.25) is 0 Å². The van der Waals surface area contributed by atoms with Crippen molar-refractivity contribution in [3.8, 4) is 0 Å². The van der Waals surface area contributed by atoms with E-state index < -0.39 is 0 Å². The average Bonchev–Trinajstić information content (AvgIpc) is 2.30. The lowest BCUT2D eigenvalue weighted by Crippen LogP contribution is -2.26. The molecule has 0 saturated carbocycles. The predicted octanol–water partition coefficient (Wildman–Crippen LogP) is 0.247. The molecule has 0 radical (unpaired) electrons. The molecule has 1 aliphatic heterocycles. The summed E-state index contributed by atoms with van der Waals surface area (Å²) in [6, 6.07) is 0.0278. The number of rotatable bonds is 0. The van der Waals surface area contributed by atoms with Crippen LogP contribution in [0.3, 0.4) is 0 Å². The van der Waals surface area contributed by atoms with Gasteiger partial charge in [-0.05, 0) is 0 Å². The first kappa shape index (κ1) is 6.34. The summed E-state index contributed by atoms with van der Waals surface area (Å²) in [5, 5.41) is 10.1. The minimum atomic E-state index is -0.240. The normalized spacial score (nSPS) is 33.8. The number of amides is 1. The summed E-state index contributed by atoms with van der Waals surface area (Å²) < 4.78 is 0. The highest BCUT2D eigenvalue weighted by molar-refractivity contribution is 6.41. The summed E-state index contributed by atoms with van der Waals surface area (Å²) in [5.41, 5.74) is 0.176. The van der Waals surface area contributed by atoms with E-state index in [0.29, 0.717) is 0 Å². The number of carbonyl (C=O) groups excluding carboxylic acids is 1. The highest BCUT2D eigenvalue weighted by Gasteiger charge is 2.35. The fraction of sp³-hybridized carbons (Fsp3) is 0.250. The minimum absolute atomic E-state index is 0.0278. The quantitative estimate of drug-likeness (QED) is 0.508. The van der Waals surface area contributed by atoms with Crippen LogP contribution >= 0.6 is 0 Å². The van der Waals surface area contributed by atoms with Crippen molar-refractivity contribution in [3.05, 3.63) is 24.3 Å². The molecule has 2 rings (SSSR count). The first-order chi connectivity index (χ1) is 5.29. The molecule has 2 unspecified atom stereocenters. The predicted molar refractivity (Wildman–Crippen MR) is 41.4 cm³/mol. The van der Waals surface area contributed by atoms with Gasteiger partial charge in [-0.1, -0.05) is 24.3 Å². The molecular weight excluding hydrogens is 140 g/mol. The Morgan fingerprint density at radius 3 is 2.82 bits per heavy atom. The molecular formula is C8H8N2O. The summed E-state index contributed by atoms with van der Waals surface area (Å²) in [5.74, 6) is -0.274. The van der Waals surface area contributed by atoms with E-state index in [0.717, 1.165) is 0 Å². The summed E-state index contributed by atoms with van der Waals surface area (Å²) >= 11 is 0. The number of carbonyl (C=O) groups is 1. The topological polar surface area (TPSA) is 53.0 Å². The molecule has 56 valence electrons. The first-order valence-electron chi connectivity index (χ1n) is 3.53. The molecule has 1 saturated heterocycles. The van der Waals surface area contributed by atoms with Crippen LogP contribution in [0.5, 0.6) is 0 Å². The maximum absolute atomic E-state index is 10.9. The fourth-order valence-corrected chi connectivity index (χ4v) is 1.40. The third-order valence-electron chi connectivity index (χ3n) is 2.01. The summed E-state index contributed by atoms with van der Waals surface area (Å²) in [7, 11) is 0. The Bertz CT molecular complexity index is 278. The van der Waals surface area contributed by atoms with Crippen molar-refractivity contribution in [3.63, 3.8) is 0 Å². The van der Waals surface area contributed by atoms with Gasteiger partial charge in [0, 0.05) is 5.92 Å². The zero-order chi connectivity index (χ0) is 7.84. The number of fused-ring (bicyclic) bond motifs is 1. The van der Waals surface area contributed by atoms with Crippen molar-refractivity contribution >= 4 is 11.6 Å². The molecule has 2 aliphatic rings. The van der Waals surface area contributed by atoms with Crippen molar-refractivity contribution in [1.29, 1.82) is 5.41 Å². The number of hydrogen-bond acceptors (Lipinski definition) is 2. The van der Waals surface area contributed by atoms with E-state index in [2.05, 4.69) is 5.32 Å². The summed E-state index contributed by atoms with van der Waals surface area (Å²) in [6.45, 7) is 0. The van der Waals surface area contributed by atoms with Crippen LogP contribution in [0, 0.1) is 11.3 Å². The number of allylic oxidation sites excluding steroid dienone is 2. The summed E-state index contributed by atoms with van der Waals surface area (Å²) in [6.07, 6.45) is 7.55. The van der Waals surface area contributed by atoms with Gasteiger partial charge in [0.1, 0.15) is 5.71 Å². The monoisotopic (exact) mass is 148 g/mol. The van der Waals surface area contributed by atoms with Gasteiger partial charge >= 0.3 is 0 Å². The molecule has 0 spiro atoms. The van der Waals surface area contributed by atoms with Crippen LogP contribution in [0.15, 0.2) is 24.3 Å². The van der Waals surface area contributed by atoms with Gasteiger partial charge in [0.2, 0.25) is 0 Å². The van der Waals surface area contributed by atoms with E-state index in [1.807, 2.05) is 24.3 Å². The highest BCUT2D eigenvalue weighted by atomic mass is 16.2. The highest BCUT2D eigenvalue weighted by Crippen LogP contribution is 2.19. The largest absolute Gasteiger partial charge is 0.344 e. The van der Waals surface area contributed by atoms with Gasteiger partial charge in [-0.25, -0.2) is 0 Å². The molecule has 1 aliphatic carbocycles. The third kappa shape index (κ3) is 0.808. The number of nitrogens with one attached hydrogen (secondary N) is 2. The lowest BCUT2D eigenvalue weighted by Gasteiger charge is -2.12. The van der Waals surface area contributed by atoms with Crippen LogP contribution in [0.4, 0.5) is 0 Å². The van der Waals surface area contributed by atoms with Crippen molar-refractivity contribution in [2.24, 2.45) is 5.92 Å². The van der Waals surface area contributed by atoms with Gasteiger partial charge in [0.05, 0.1) is 6.04 Å². The van der Waals surface area contributed by atoms with E-state index in [1.165, 1.54) is 0 Å². The standard InChI is InChI=1S/C8H8N2O/c9-7-5-3-1-2-4-6(5)10-8(7)11/h1-6,9H,(H,10,11). The third-order valence-corrected chi connectivity index (χ3v) is 2.01. The maximum Gasteiger partial charge on any atom is 0.266 e. The molecule has 11 heavy (non-hydrogen) atoms. The SMILES string of the molecule is N=C1C(=O)NC2C=CC=CC12. The average molecular weight is 148 g/mol. The van der Waals surface area contributed by atoms with E-state index in [9.17, 15) is 4.79 Å². The molecule has 0 aromatic rings. The molecule has 0 aromatic heterocycles. The van der Waals surface area contributed by atoms with Gasteiger partial charge in [-0.3, -0.25) is 10.2 Å². The zero-order valence-corrected chi connectivity index (χ0v) is 5.87. The maximum atomic E-state index is 10.9. The molecule has 2 atom stereocenters. The van der Waals surface area contributed by atoms with E-state index in [-0.39, 0.29) is 23.6 Å². The zero-order valence-electron chi connectivity index (χ0n) is 5.87. The van der Waals surface area contributed by atoms with Gasteiger partial charge in [0.25, 0.3) is 5.91 Å². The van der Waals surface area contributed by atoms with Gasteiger partial charge in [-0.2, -0.15) is 0 Å². The van der Waals surface area contributed by atoms with E-state index in [1.54, 1.807) is 0 Å². The lowest BCUT2D eigenvalue weighted by atomic mass is 9.95. The second-order valence-electron chi connectivity index (χ2n) is 2.71. The van der Waals surface area contributed by atoms with Crippen LogP contribution in [-0.2, 0) is 4.79 Å². The first-order valence-corrected chi connectivity index (χ1v) is 3.53. The van der Waals surface area contributed by atoms with Gasteiger partial charge in [-0.15, -0.1) is 0 Å². The van der Waals surface area contributed by atoms with Crippen molar-refractivity contribution in [1.82, 2.24) is 5.32 Å². The van der Waals surface area contributed by atoms with Crippen LogP contribution in [-0.4, -0.2) is 17.7 Å². The molecule has 3 heteroatoms.